The minimum Gasteiger partial charge on any atom is -0.492 e. The van der Waals surface area contributed by atoms with Crippen molar-refractivity contribution in [2.24, 2.45) is 0 Å². The minimum absolute atomic E-state index is 0.0417. The molecule has 0 heterocycles. The number of carbonyl (C=O) groups excluding carboxylic acids is 2. The molecule has 8 heteroatoms. The maximum atomic E-state index is 12.2. The Morgan fingerprint density at radius 1 is 1.06 bits per heavy atom. The minimum atomic E-state index is -1.02. The maximum Gasteiger partial charge on any atom is 0.249 e. The smallest absolute Gasteiger partial charge is 0.249 e. The maximum absolute atomic E-state index is 12.2. The lowest BCUT2D eigenvalue weighted by molar-refractivity contribution is -0.124. The van der Waals surface area contributed by atoms with Gasteiger partial charge in [0.1, 0.15) is 28.9 Å². The van der Waals surface area contributed by atoms with Crippen molar-refractivity contribution >= 4 is 18.0 Å². The molecule has 2 aromatic rings. The van der Waals surface area contributed by atoms with Crippen LogP contribution in [0.25, 0.3) is 0 Å². The van der Waals surface area contributed by atoms with E-state index in [4.69, 9.17) is 19.5 Å². The van der Waals surface area contributed by atoms with Gasteiger partial charge >= 0.3 is 0 Å². The summed E-state index contributed by atoms with van der Waals surface area (Å²) in [6.07, 6.45) is 0.491. The number of carbonyl (C=O) groups is 2. The summed E-state index contributed by atoms with van der Waals surface area (Å²) < 4.78 is 16.1. The molecule has 2 rings (SSSR count). The molecule has 0 fully saturated rings. The van der Waals surface area contributed by atoms with Crippen LogP contribution in [0.1, 0.15) is 47.1 Å². The first-order valence-corrected chi connectivity index (χ1v) is 10.5. The van der Waals surface area contributed by atoms with Gasteiger partial charge in [0, 0.05) is 18.9 Å². The molecule has 0 spiro atoms. The average Bonchev–Trinajstić information content (AvgIpc) is 2.75. The highest BCUT2D eigenvalue weighted by Gasteiger charge is 2.26. The zero-order valence-corrected chi connectivity index (χ0v) is 20.3. The van der Waals surface area contributed by atoms with E-state index in [9.17, 15) is 9.59 Å². The Balaban J connectivity index is 0.000000801. The lowest BCUT2D eigenvalue weighted by Gasteiger charge is -2.22. The molecule has 0 saturated carbocycles. The van der Waals surface area contributed by atoms with Crippen LogP contribution in [-0.2, 0) is 14.3 Å². The van der Waals surface area contributed by atoms with E-state index in [-0.39, 0.29) is 11.5 Å². The number of methoxy groups -OCH3 is 1. The highest BCUT2D eigenvalue weighted by atomic mass is 16.5. The molecule has 0 aliphatic rings. The molecule has 2 N–H and O–H groups in total. The number of hydrogen-bond donors (Lipinski definition) is 2. The lowest BCUT2D eigenvalue weighted by Crippen LogP contribution is -2.49. The number of ether oxygens (including phenoxy) is 3. The van der Waals surface area contributed by atoms with Gasteiger partial charge in [-0.1, -0.05) is 0 Å². The number of nitrogens with one attached hydrogen (secondary N) is 2. The Morgan fingerprint density at radius 3 is 2.12 bits per heavy atom. The highest BCUT2D eigenvalue weighted by Crippen LogP contribution is 2.29. The summed E-state index contributed by atoms with van der Waals surface area (Å²) in [5, 5.41) is 14.3. The average molecular weight is 456 g/mol. The molecule has 0 aliphatic carbocycles. The number of rotatable bonds is 8. The molecule has 0 aromatic heterocycles. The van der Waals surface area contributed by atoms with Crippen LogP contribution in [0.5, 0.6) is 17.2 Å². The molecule has 8 nitrogen and oxygen atoms in total. The first-order chi connectivity index (χ1) is 15.5. The predicted molar refractivity (Wildman–Crippen MR) is 128 cm³/mol. The van der Waals surface area contributed by atoms with Crippen LogP contribution >= 0.6 is 0 Å². The Kier molecular flexibility index (Phi) is 10.4. The number of hydrogen-bond acceptors (Lipinski definition) is 6. The molecular formula is C25H33N3O5. The summed E-state index contributed by atoms with van der Waals surface area (Å²) in [4.78, 5) is 22.7. The van der Waals surface area contributed by atoms with E-state index >= 15 is 0 Å². The monoisotopic (exact) mass is 455 g/mol. The van der Waals surface area contributed by atoms with E-state index in [0.29, 0.717) is 41.5 Å². The Bertz CT molecular complexity index is 957. The second-order valence-electron chi connectivity index (χ2n) is 8.49. The van der Waals surface area contributed by atoms with E-state index in [2.05, 4.69) is 16.7 Å². The summed E-state index contributed by atoms with van der Waals surface area (Å²) >= 11 is 0. The van der Waals surface area contributed by atoms with Crippen LogP contribution in [0.15, 0.2) is 42.5 Å². The fourth-order valence-corrected chi connectivity index (χ4v) is 2.18. The number of nitriles is 1. The Morgan fingerprint density at radius 2 is 1.64 bits per heavy atom. The summed E-state index contributed by atoms with van der Waals surface area (Å²) in [5.41, 5.74) is 0.0338. The highest BCUT2D eigenvalue weighted by molar-refractivity contribution is 5.98. The molecule has 0 radical (unpaired) electrons. The first-order valence-electron chi connectivity index (χ1n) is 10.5. The van der Waals surface area contributed by atoms with E-state index in [1.54, 1.807) is 63.4 Å². The van der Waals surface area contributed by atoms with Crippen LogP contribution in [0.3, 0.4) is 0 Å². The zero-order chi connectivity index (χ0) is 25.1. The molecule has 0 bridgehead atoms. The van der Waals surface area contributed by atoms with Crippen LogP contribution < -0.4 is 20.1 Å². The predicted octanol–water partition coefficient (Wildman–Crippen LogP) is 4.64. The molecule has 0 unspecified atom stereocenters. The van der Waals surface area contributed by atoms with Crippen molar-refractivity contribution in [1.29, 1.82) is 5.26 Å². The van der Waals surface area contributed by atoms with Gasteiger partial charge in [0.15, 0.2) is 0 Å². The third-order valence-electron chi connectivity index (χ3n) is 4.32. The summed E-state index contributed by atoms with van der Waals surface area (Å²) in [7, 11) is 1.71. The fourth-order valence-electron chi connectivity index (χ4n) is 2.18. The van der Waals surface area contributed by atoms with Crippen molar-refractivity contribution in [1.82, 2.24) is 5.32 Å². The second kappa shape index (κ2) is 12.5. The van der Waals surface area contributed by atoms with Gasteiger partial charge in [-0.05, 0) is 77.9 Å². The van der Waals surface area contributed by atoms with Crippen molar-refractivity contribution in [2.75, 3.05) is 19.0 Å². The quantitative estimate of drug-likeness (QED) is 0.561. The molecule has 2 aromatic carbocycles. The van der Waals surface area contributed by atoms with Gasteiger partial charge in [0.25, 0.3) is 0 Å². The molecule has 0 atom stereocenters. The molecule has 0 aliphatic heterocycles. The van der Waals surface area contributed by atoms with Gasteiger partial charge < -0.3 is 24.8 Å². The summed E-state index contributed by atoms with van der Waals surface area (Å²) in [6.45, 7) is 11.6. The van der Waals surface area contributed by atoms with E-state index in [1.807, 2.05) is 27.7 Å². The summed E-state index contributed by atoms with van der Waals surface area (Å²) in [6, 6.07) is 13.8. The SMILES string of the molecule is CCOc1cc(Oc2ccc(NC(=O)C(C)(C)NC=O)cc2)ccc1C#N.COC(C)(C)C. The van der Waals surface area contributed by atoms with Gasteiger partial charge in [0.2, 0.25) is 12.3 Å². The Hall–Kier alpha value is -3.57. The fraction of sp³-hybridized carbons (Fsp3) is 0.400. The van der Waals surface area contributed by atoms with Gasteiger partial charge in [-0.15, -0.1) is 0 Å². The third kappa shape index (κ3) is 9.62. The number of amides is 2. The van der Waals surface area contributed by atoms with Crippen LogP contribution in [0, 0.1) is 11.3 Å². The Labute approximate surface area is 195 Å². The topological polar surface area (TPSA) is 110 Å². The van der Waals surface area contributed by atoms with Crippen LogP contribution in [-0.4, -0.2) is 37.2 Å². The van der Waals surface area contributed by atoms with Gasteiger partial charge in [-0.3, -0.25) is 9.59 Å². The standard InChI is InChI=1S/C20H21N3O4.C5H12O/c1-4-26-18-11-17(8-5-14(18)12-21)27-16-9-6-15(7-10-16)23-19(25)20(2,3)22-13-24;1-5(2,3)6-4/h5-11,13H,4H2,1-3H3,(H,22,24)(H,23,25);1-4H3. The van der Waals surface area contributed by atoms with Gasteiger partial charge in [0.05, 0.1) is 17.8 Å². The molecule has 33 heavy (non-hydrogen) atoms. The number of anilines is 1. The lowest BCUT2D eigenvalue weighted by atomic mass is 10.1. The molecule has 178 valence electrons. The first kappa shape index (κ1) is 27.5. The normalized spacial score (nSPS) is 10.7. The van der Waals surface area contributed by atoms with E-state index < -0.39 is 5.54 Å². The van der Waals surface area contributed by atoms with E-state index in [0.717, 1.165) is 0 Å². The van der Waals surface area contributed by atoms with Crippen molar-refractivity contribution in [3.05, 3.63) is 48.0 Å². The van der Waals surface area contributed by atoms with Crippen LogP contribution in [0.2, 0.25) is 0 Å². The van der Waals surface area contributed by atoms with Gasteiger partial charge in [-0.2, -0.15) is 5.26 Å². The third-order valence-corrected chi connectivity index (χ3v) is 4.32. The summed E-state index contributed by atoms with van der Waals surface area (Å²) in [5.74, 6) is 1.22. The van der Waals surface area contributed by atoms with Crippen molar-refractivity contribution in [2.45, 2.75) is 52.7 Å². The largest absolute Gasteiger partial charge is 0.492 e. The van der Waals surface area contributed by atoms with Crippen molar-refractivity contribution < 1.29 is 23.8 Å². The number of nitrogens with zero attached hydrogens (tertiary/aromatic N) is 1. The van der Waals surface area contributed by atoms with Crippen molar-refractivity contribution in [3.63, 3.8) is 0 Å². The molecule has 0 saturated heterocycles. The number of benzene rings is 2. The zero-order valence-electron chi connectivity index (χ0n) is 20.3. The van der Waals surface area contributed by atoms with Gasteiger partial charge in [-0.25, -0.2) is 0 Å². The van der Waals surface area contributed by atoms with Crippen molar-refractivity contribution in [3.8, 4) is 23.3 Å². The van der Waals surface area contributed by atoms with Crippen LogP contribution in [0.4, 0.5) is 5.69 Å². The second-order valence-corrected chi connectivity index (χ2v) is 8.49. The molecular weight excluding hydrogens is 422 g/mol. The molecule has 2 amide bonds. The van der Waals surface area contributed by atoms with E-state index in [1.165, 1.54) is 0 Å².